The molecule has 1 aromatic heterocycles. The first-order valence-electron chi connectivity index (χ1n) is 11.6. The number of rotatable bonds is 3. The van der Waals surface area contributed by atoms with E-state index < -0.39 is 0 Å². The molecule has 2 amide bonds. The molecule has 0 saturated carbocycles. The maximum absolute atomic E-state index is 13.2. The topological polar surface area (TPSA) is 75.0 Å². The Morgan fingerprint density at radius 2 is 1.94 bits per heavy atom. The number of hydrogen-bond donors (Lipinski definition) is 1. The number of aliphatic hydroxyl groups excluding tert-OH is 1. The van der Waals surface area contributed by atoms with Crippen LogP contribution in [0.15, 0.2) is 24.4 Å². The zero-order chi connectivity index (χ0) is 22.2. The molecule has 8 heteroatoms. The van der Waals surface area contributed by atoms with E-state index in [2.05, 4.69) is 10.8 Å². The summed E-state index contributed by atoms with van der Waals surface area (Å²) in [6.45, 7) is 3.62. The maximum Gasteiger partial charge on any atom is 0.320 e. The molecule has 1 aromatic carbocycles. The highest BCUT2D eigenvalue weighted by Gasteiger charge is 2.38. The standard InChI is InChI=1S/C24H30ClN3O4/c25-18-1-2-22-20(12-18)21(14-27(22)9-10-29)16-3-6-26(7-4-16)24(31)28-8-5-23-17(13-28)11-19(30)15-32-23/h1-2,12,14,16-17,23,29H,3-11,13,15H2/t17-,23-/m0/s1. The number of halogens is 1. The third-order valence-corrected chi connectivity index (χ3v) is 7.54. The molecule has 5 rings (SSSR count). The molecule has 2 aromatic rings. The van der Waals surface area contributed by atoms with E-state index >= 15 is 0 Å². The monoisotopic (exact) mass is 459 g/mol. The smallest absolute Gasteiger partial charge is 0.320 e. The van der Waals surface area contributed by atoms with Crippen molar-refractivity contribution in [2.45, 2.75) is 44.2 Å². The molecular weight excluding hydrogens is 430 g/mol. The zero-order valence-electron chi connectivity index (χ0n) is 18.2. The van der Waals surface area contributed by atoms with Crippen molar-refractivity contribution in [3.8, 4) is 0 Å². The summed E-state index contributed by atoms with van der Waals surface area (Å²) in [5.74, 6) is 0.630. The Morgan fingerprint density at radius 3 is 2.72 bits per heavy atom. The van der Waals surface area contributed by atoms with Crippen LogP contribution >= 0.6 is 11.6 Å². The average molecular weight is 460 g/mol. The average Bonchev–Trinajstić information content (AvgIpc) is 3.16. The molecule has 3 saturated heterocycles. The van der Waals surface area contributed by atoms with E-state index in [4.69, 9.17) is 16.3 Å². The van der Waals surface area contributed by atoms with E-state index in [-0.39, 0.29) is 37.0 Å². The summed E-state index contributed by atoms with van der Waals surface area (Å²) >= 11 is 6.28. The summed E-state index contributed by atoms with van der Waals surface area (Å²) < 4.78 is 7.76. The SMILES string of the molecule is O=C1CO[C@H]2CCN(C(=O)N3CCC(c4cn(CCO)c5ccc(Cl)cc45)CC3)C[C@@H]2C1. The van der Waals surface area contributed by atoms with Gasteiger partial charge in [-0.05, 0) is 48.9 Å². The molecule has 2 atom stereocenters. The van der Waals surface area contributed by atoms with E-state index in [9.17, 15) is 14.7 Å². The number of likely N-dealkylation sites (tertiary alicyclic amines) is 2. The summed E-state index contributed by atoms with van der Waals surface area (Å²) in [6.07, 6.45) is 5.40. The summed E-state index contributed by atoms with van der Waals surface area (Å²) in [7, 11) is 0. The third-order valence-electron chi connectivity index (χ3n) is 7.30. The van der Waals surface area contributed by atoms with Gasteiger partial charge < -0.3 is 24.2 Å². The van der Waals surface area contributed by atoms with Gasteiger partial charge in [0.15, 0.2) is 5.78 Å². The lowest BCUT2D eigenvalue weighted by molar-refractivity contribution is -0.139. The van der Waals surface area contributed by atoms with E-state index in [0.717, 1.165) is 43.3 Å². The number of urea groups is 1. The molecule has 3 fully saturated rings. The van der Waals surface area contributed by atoms with Crippen molar-refractivity contribution in [1.82, 2.24) is 14.4 Å². The van der Waals surface area contributed by atoms with Crippen LogP contribution in [-0.2, 0) is 16.1 Å². The van der Waals surface area contributed by atoms with Crippen LogP contribution in [0, 0.1) is 5.92 Å². The van der Waals surface area contributed by atoms with Gasteiger partial charge in [-0.15, -0.1) is 0 Å². The predicted octanol–water partition coefficient (Wildman–Crippen LogP) is 3.27. The quantitative estimate of drug-likeness (QED) is 0.764. The van der Waals surface area contributed by atoms with Gasteiger partial charge in [-0.25, -0.2) is 4.79 Å². The van der Waals surface area contributed by atoms with Crippen molar-refractivity contribution < 1.29 is 19.4 Å². The van der Waals surface area contributed by atoms with E-state index in [1.54, 1.807) is 0 Å². The van der Waals surface area contributed by atoms with Gasteiger partial charge in [0.2, 0.25) is 0 Å². The fourth-order valence-corrected chi connectivity index (χ4v) is 5.82. The van der Waals surface area contributed by atoms with Crippen molar-refractivity contribution in [2.75, 3.05) is 39.4 Å². The Morgan fingerprint density at radius 1 is 1.16 bits per heavy atom. The van der Waals surface area contributed by atoms with Crippen molar-refractivity contribution >= 4 is 34.3 Å². The lowest BCUT2D eigenvalue weighted by Crippen LogP contribution is -2.54. The number of carbonyl (C=O) groups excluding carboxylic acids is 2. The lowest BCUT2D eigenvalue weighted by Gasteiger charge is -2.43. The van der Waals surface area contributed by atoms with Crippen LogP contribution in [0.3, 0.4) is 0 Å². The highest BCUT2D eigenvalue weighted by Crippen LogP contribution is 2.36. The second-order valence-corrected chi connectivity index (χ2v) is 9.73. The van der Waals surface area contributed by atoms with Crippen LogP contribution in [0.2, 0.25) is 5.02 Å². The predicted molar refractivity (Wildman–Crippen MR) is 122 cm³/mol. The van der Waals surface area contributed by atoms with E-state index in [1.807, 2.05) is 28.0 Å². The number of ether oxygens (including phenoxy) is 1. The molecule has 7 nitrogen and oxygen atoms in total. The van der Waals surface area contributed by atoms with Gasteiger partial charge >= 0.3 is 6.03 Å². The number of benzene rings is 1. The van der Waals surface area contributed by atoms with Crippen LogP contribution in [0.25, 0.3) is 10.9 Å². The molecule has 3 aliphatic rings. The Balaban J connectivity index is 1.25. The molecule has 0 bridgehead atoms. The number of carbonyl (C=O) groups is 2. The fourth-order valence-electron chi connectivity index (χ4n) is 5.65. The second-order valence-electron chi connectivity index (χ2n) is 9.29. The van der Waals surface area contributed by atoms with Gasteiger partial charge in [-0.3, -0.25) is 4.79 Å². The molecule has 32 heavy (non-hydrogen) atoms. The first-order chi connectivity index (χ1) is 15.5. The maximum atomic E-state index is 13.2. The minimum absolute atomic E-state index is 0.0886. The van der Waals surface area contributed by atoms with Crippen LogP contribution in [0.1, 0.15) is 37.2 Å². The molecule has 0 radical (unpaired) electrons. The lowest BCUT2D eigenvalue weighted by atomic mass is 9.87. The number of piperidine rings is 2. The molecular formula is C24H30ClN3O4. The number of aliphatic hydroxyl groups is 1. The van der Waals surface area contributed by atoms with Gasteiger partial charge in [0.1, 0.15) is 6.61 Å². The largest absolute Gasteiger partial charge is 0.395 e. The van der Waals surface area contributed by atoms with Gasteiger partial charge in [-0.1, -0.05) is 11.6 Å². The Bertz CT molecular complexity index is 1010. The molecule has 3 aliphatic heterocycles. The van der Waals surface area contributed by atoms with E-state index in [0.29, 0.717) is 37.0 Å². The zero-order valence-corrected chi connectivity index (χ0v) is 19.0. The molecule has 0 spiro atoms. The Hall–Kier alpha value is -2.09. The summed E-state index contributed by atoms with van der Waals surface area (Å²) in [6, 6.07) is 6.00. The molecule has 0 unspecified atom stereocenters. The fraction of sp³-hybridized carbons (Fsp3) is 0.583. The van der Waals surface area contributed by atoms with Crippen molar-refractivity contribution in [1.29, 1.82) is 0 Å². The highest BCUT2D eigenvalue weighted by atomic mass is 35.5. The number of Topliss-reactive ketones (excluding diaryl/α,β-unsaturated/α-hetero) is 1. The summed E-state index contributed by atoms with van der Waals surface area (Å²) in [5.41, 5.74) is 2.34. The second kappa shape index (κ2) is 9.04. The van der Waals surface area contributed by atoms with Gasteiger partial charge in [-0.2, -0.15) is 0 Å². The molecule has 4 heterocycles. The minimum Gasteiger partial charge on any atom is -0.395 e. The van der Waals surface area contributed by atoms with Gasteiger partial charge in [0.05, 0.1) is 12.7 Å². The number of ketones is 1. The number of nitrogens with zero attached hydrogens (tertiary/aromatic N) is 3. The van der Waals surface area contributed by atoms with Crippen LogP contribution in [0.5, 0.6) is 0 Å². The number of fused-ring (bicyclic) bond motifs is 2. The normalized spacial score (nSPS) is 24.8. The summed E-state index contributed by atoms with van der Waals surface area (Å²) in [5, 5.41) is 11.3. The van der Waals surface area contributed by atoms with Crippen LogP contribution < -0.4 is 0 Å². The highest BCUT2D eigenvalue weighted by molar-refractivity contribution is 6.31. The number of amides is 2. The Kier molecular flexibility index (Phi) is 6.14. The van der Waals surface area contributed by atoms with Crippen LogP contribution in [-0.4, -0.2) is 76.8 Å². The number of aromatic nitrogens is 1. The molecule has 1 N–H and O–H groups in total. The Labute approximate surface area is 192 Å². The van der Waals surface area contributed by atoms with Crippen molar-refractivity contribution in [3.63, 3.8) is 0 Å². The minimum atomic E-state index is 0.0886. The molecule has 172 valence electrons. The van der Waals surface area contributed by atoms with E-state index in [1.165, 1.54) is 5.56 Å². The third kappa shape index (κ3) is 4.14. The van der Waals surface area contributed by atoms with Gasteiger partial charge in [0, 0.05) is 67.2 Å². The summed E-state index contributed by atoms with van der Waals surface area (Å²) in [4.78, 5) is 28.8. The van der Waals surface area contributed by atoms with Gasteiger partial charge in [0.25, 0.3) is 0 Å². The van der Waals surface area contributed by atoms with Crippen molar-refractivity contribution in [2.24, 2.45) is 5.92 Å². The number of hydrogen-bond acceptors (Lipinski definition) is 4. The van der Waals surface area contributed by atoms with Crippen LogP contribution in [0.4, 0.5) is 4.79 Å². The first-order valence-corrected chi connectivity index (χ1v) is 12.0. The van der Waals surface area contributed by atoms with Crippen molar-refractivity contribution in [3.05, 3.63) is 35.0 Å². The molecule has 0 aliphatic carbocycles. The first kappa shape index (κ1) is 21.7.